The first kappa shape index (κ1) is 11.7. The maximum absolute atomic E-state index is 6.27. The molecule has 0 spiro atoms. The Bertz CT molecular complexity index is 361. The van der Waals surface area contributed by atoms with Crippen LogP contribution >= 0.6 is 11.6 Å². The molecular formula is C13H19ClN2. The van der Waals surface area contributed by atoms with Gasteiger partial charge >= 0.3 is 0 Å². The summed E-state index contributed by atoms with van der Waals surface area (Å²) in [5.41, 5.74) is 2.52. The second-order valence-corrected chi connectivity index (χ2v) is 4.69. The van der Waals surface area contributed by atoms with Crippen LogP contribution in [0.25, 0.3) is 0 Å². The van der Waals surface area contributed by atoms with Gasteiger partial charge in [0.2, 0.25) is 0 Å². The van der Waals surface area contributed by atoms with Crippen LogP contribution in [0.5, 0.6) is 0 Å². The fraction of sp³-hybridized carbons (Fsp3) is 0.538. The molecule has 1 fully saturated rings. The van der Waals surface area contributed by atoms with Crippen molar-refractivity contribution in [1.82, 2.24) is 5.32 Å². The van der Waals surface area contributed by atoms with E-state index < -0.39 is 0 Å². The lowest BCUT2D eigenvalue weighted by atomic mass is 10.1. The van der Waals surface area contributed by atoms with E-state index in [-0.39, 0.29) is 0 Å². The van der Waals surface area contributed by atoms with Gasteiger partial charge in [-0.3, -0.25) is 0 Å². The topological polar surface area (TPSA) is 15.3 Å². The quantitative estimate of drug-likeness (QED) is 0.848. The Morgan fingerprint density at radius 2 is 2.19 bits per heavy atom. The second kappa shape index (κ2) is 5.07. The number of hydrogen-bond donors (Lipinski definition) is 1. The number of nitrogens with one attached hydrogen (secondary N) is 1. The molecule has 88 valence electrons. The van der Waals surface area contributed by atoms with Gasteiger partial charge in [-0.2, -0.15) is 0 Å². The monoisotopic (exact) mass is 238 g/mol. The molecule has 0 radical (unpaired) electrons. The SMILES string of the molecule is CCN(c1cccc(Cl)c1CNC)C1CC1. The molecular weight excluding hydrogens is 220 g/mol. The van der Waals surface area contributed by atoms with Crippen molar-refractivity contribution >= 4 is 17.3 Å². The fourth-order valence-electron chi connectivity index (χ4n) is 2.18. The molecule has 1 saturated carbocycles. The van der Waals surface area contributed by atoms with E-state index in [9.17, 15) is 0 Å². The van der Waals surface area contributed by atoms with Crippen LogP contribution in [-0.2, 0) is 6.54 Å². The molecule has 16 heavy (non-hydrogen) atoms. The van der Waals surface area contributed by atoms with Gasteiger partial charge in [0, 0.05) is 35.4 Å². The summed E-state index contributed by atoms with van der Waals surface area (Å²) in [5.74, 6) is 0. The van der Waals surface area contributed by atoms with Crippen LogP contribution < -0.4 is 10.2 Å². The molecule has 2 nitrogen and oxygen atoms in total. The van der Waals surface area contributed by atoms with Crippen molar-refractivity contribution in [2.45, 2.75) is 32.4 Å². The van der Waals surface area contributed by atoms with E-state index in [0.717, 1.165) is 24.2 Å². The Labute approximate surface area is 103 Å². The van der Waals surface area contributed by atoms with Gasteiger partial charge in [0.05, 0.1) is 0 Å². The number of hydrogen-bond acceptors (Lipinski definition) is 2. The van der Waals surface area contributed by atoms with Crippen LogP contribution in [0.3, 0.4) is 0 Å². The first-order chi connectivity index (χ1) is 7.77. The summed E-state index contributed by atoms with van der Waals surface area (Å²) in [4.78, 5) is 2.47. The minimum absolute atomic E-state index is 0.735. The summed E-state index contributed by atoms with van der Waals surface area (Å²) in [5, 5.41) is 4.06. The highest BCUT2D eigenvalue weighted by Gasteiger charge is 2.29. The van der Waals surface area contributed by atoms with Gasteiger partial charge in [-0.05, 0) is 38.9 Å². The number of halogens is 1. The highest BCUT2D eigenvalue weighted by Crippen LogP contribution is 2.35. The molecule has 1 aliphatic rings. The van der Waals surface area contributed by atoms with Crippen LogP contribution in [-0.4, -0.2) is 19.6 Å². The van der Waals surface area contributed by atoms with Crippen LogP contribution in [0.15, 0.2) is 18.2 Å². The third-order valence-electron chi connectivity index (χ3n) is 3.09. The number of nitrogens with zero attached hydrogens (tertiary/aromatic N) is 1. The first-order valence-corrected chi connectivity index (χ1v) is 6.34. The second-order valence-electron chi connectivity index (χ2n) is 4.29. The van der Waals surface area contributed by atoms with Crippen molar-refractivity contribution in [2.24, 2.45) is 0 Å². The minimum Gasteiger partial charge on any atom is -0.369 e. The third kappa shape index (κ3) is 2.33. The Kier molecular flexibility index (Phi) is 3.72. The molecule has 2 rings (SSSR count). The van der Waals surface area contributed by atoms with Crippen LogP contribution in [0.4, 0.5) is 5.69 Å². The van der Waals surface area contributed by atoms with Gasteiger partial charge in [-0.15, -0.1) is 0 Å². The summed E-state index contributed by atoms with van der Waals surface area (Å²) in [6.45, 7) is 4.10. The molecule has 1 N–H and O–H groups in total. The van der Waals surface area contributed by atoms with Gasteiger partial charge in [0.1, 0.15) is 0 Å². The molecule has 3 heteroatoms. The zero-order valence-corrected chi connectivity index (χ0v) is 10.7. The Morgan fingerprint density at radius 3 is 2.75 bits per heavy atom. The molecule has 0 atom stereocenters. The predicted octanol–water partition coefficient (Wildman–Crippen LogP) is 3.05. The van der Waals surface area contributed by atoms with E-state index in [1.807, 2.05) is 19.2 Å². The normalized spacial score (nSPS) is 15.2. The largest absolute Gasteiger partial charge is 0.369 e. The van der Waals surface area contributed by atoms with Crippen molar-refractivity contribution in [3.8, 4) is 0 Å². The predicted molar refractivity (Wildman–Crippen MR) is 70.3 cm³/mol. The number of rotatable bonds is 5. The van der Waals surface area contributed by atoms with Crippen molar-refractivity contribution in [1.29, 1.82) is 0 Å². The van der Waals surface area contributed by atoms with E-state index in [4.69, 9.17) is 11.6 Å². The van der Waals surface area contributed by atoms with Gasteiger partial charge in [-0.25, -0.2) is 0 Å². The maximum atomic E-state index is 6.27. The molecule has 0 aliphatic heterocycles. The molecule has 0 bridgehead atoms. The van der Waals surface area contributed by atoms with Crippen molar-refractivity contribution in [3.63, 3.8) is 0 Å². The van der Waals surface area contributed by atoms with Crippen molar-refractivity contribution in [2.75, 3.05) is 18.5 Å². The average molecular weight is 239 g/mol. The van der Waals surface area contributed by atoms with Gasteiger partial charge in [0.15, 0.2) is 0 Å². The zero-order valence-electron chi connectivity index (χ0n) is 9.96. The number of benzene rings is 1. The lowest BCUT2D eigenvalue weighted by Crippen LogP contribution is -2.27. The van der Waals surface area contributed by atoms with Gasteiger partial charge in [-0.1, -0.05) is 17.7 Å². The molecule has 1 aromatic carbocycles. The summed E-state index contributed by atoms with van der Waals surface area (Å²) in [7, 11) is 1.96. The van der Waals surface area contributed by atoms with Crippen molar-refractivity contribution < 1.29 is 0 Å². The highest BCUT2D eigenvalue weighted by molar-refractivity contribution is 6.31. The molecule has 0 saturated heterocycles. The van der Waals surface area contributed by atoms with Crippen LogP contribution in [0.1, 0.15) is 25.3 Å². The molecule has 0 amide bonds. The third-order valence-corrected chi connectivity index (χ3v) is 3.44. The standard InChI is InChI=1S/C13H19ClN2/c1-3-16(10-7-8-10)13-6-4-5-12(14)11(13)9-15-2/h4-6,10,15H,3,7-9H2,1-2H3. The van der Waals surface area contributed by atoms with Gasteiger partial charge in [0.25, 0.3) is 0 Å². The van der Waals surface area contributed by atoms with Crippen molar-refractivity contribution in [3.05, 3.63) is 28.8 Å². The minimum atomic E-state index is 0.735. The summed E-state index contributed by atoms with van der Waals surface area (Å²) in [6.07, 6.45) is 2.64. The summed E-state index contributed by atoms with van der Waals surface area (Å²) in [6, 6.07) is 6.93. The summed E-state index contributed by atoms with van der Waals surface area (Å²) >= 11 is 6.27. The Morgan fingerprint density at radius 1 is 1.44 bits per heavy atom. The smallest absolute Gasteiger partial charge is 0.0471 e. The molecule has 1 aromatic rings. The van der Waals surface area contributed by atoms with E-state index in [2.05, 4.69) is 23.2 Å². The van der Waals surface area contributed by atoms with E-state index >= 15 is 0 Å². The van der Waals surface area contributed by atoms with E-state index in [1.165, 1.54) is 24.1 Å². The average Bonchev–Trinajstić information content (AvgIpc) is 3.08. The van der Waals surface area contributed by atoms with E-state index in [0.29, 0.717) is 0 Å². The Balaban J connectivity index is 2.33. The van der Waals surface area contributed by atoms with E-state index in [1.54, 1.807) is 0 Å². The molecule has 0 unspecified atom stereocenters. The fourth-order valence-corrected chi connectivity index (χ4v) is 2.42. The number of anilines is 1. The van der Waals surface area contributed by atoms with Crippen LogP contribution in [0.2, 0.25) is 5.02 Å². The molecule has 1 aliphatic carbocycles. The van der Waals surface area contributed by atoms with Gasteiger partial charge < -0.3 is 10.2 Å². The van der Waals surface area contributed by atoms with Crippen LogP contribution in [0, 0.1) is 0 Å². The lowest BCUT2D eigenvalue weighted by Gasteiger charge is -2.26. The molecule has 0 aromatic heterocycles. The maximum Gasteiger partial charge on any atom is 0.0471 e. The molecule has 0 heterocycles. The summed E-state index contributed by atoms with van der Waals surface area (Å²) < 4.78 is 0. The highest BCUT2D eigenvalue weighted by atomic mass is 35.5. The lowest BCUT2D eigenvalue weighted by molar-refractivity contribution is 0.782. The zero-order chi connectivity index (χ0) is 11.5. The first-order valence-electron chi connectivity index (χ1n) is 5.96. The Hall–Kier alpha value is -0.730.